The number of aliphatic hydroxyl groups is 1. The summed E-state index contributed by atoms with van der Waals surface area (Å²) in [5.41, 5.74) is -1.08. The molecule has 3 aromatic carbocycles. The number of hydrogen-bond donors (Lipinski definition) is 1. The fourth-order valence-corrected chi connectivity index (χ4v) is 8.86. The molecule has 0 spiro atoms. The van der Waals surface area contributed by atoms with Crippen LogP contribution < -0.4 is 0 Å². The minimum atomic E-state index is -4.49. The molecule has 1 N–H and O–H groups in total. The lowest BCUT2D eigenvalue weighted by Crippen LogP contribution is -2.55. The largest absolute Gasteiger partial charge is 0.441 e. The summed E-state index contributed by atoms with van der Waals surface area (Å²) >= 11 is 11.9. The highest BCUT2D eigenvalue weighted by atomic mass is 35.5. The summed E-state index contributed by atoms with van der Waals surface area (Å²) in [6.07, 6.45) is 2.20. The summed E-state index contributed by atoms with van der Waals surface area (Å²) in [5.74, 6) is -1.51. The molecule has 1 amide bonds. The van der Waals surface area contributed by atoms with Crippen LogP contribution in [0.25, 0.3) is 0 Å². The number of carbonyl (C=O) groups is 1. The van der Waals surface area contributed by atoms with Crippen LogP contribution in [0.15, 0.2) is 71.6 Å². The number of rotatable bonds is 6. The smallest absolute Gasteiger partial charge is 0.410 e. The highest BCUT2D eigenvalue weighted by Crippen LogP contribution is 2.53. The van der Waals surface area contributed by atoms with Gasteiger partial charge in [0, 0.05) is 23.1 Å². The molecule has 6 rings (SSSR count). The first-order chi connectivity index (χ1) is 20.9. The van der Waals surface area contributed by atoms with Crippen LogP contribution in [0.4, 0.5) is 13.6 Å². The summed E-state index contributed by atoms with van der Waals surface area (Å²) in [4.78, 5) is 14.5. The van der Waals surface area contributed by atoms with Gasteiger partial charge in [0.1, 0.15) is 22.1 Å². The maximum atomic E-state index is 15.1. The Labute approximate surface area is 265 Å². The lowest BCUT2D eigenvalue weighted by molar-refractivity contribution is -0.0427. The second-order valence-electron chi connectivity index (χ2n) is 11.9. The first kappa shape index (κ1) is 31.2. The summed E-state index contributed by atoms with van der Waals surface area (Å²) in [7, 11) is -4.49. The molecule has 12 heteroatoms. The summed E-state index contributed by atoms with van der Waals surface area (Å²) < 4.78 is 65.3. The summed E-state index contributed by atoms with van der Waals surface area (Å²) in [6.45, 7) is 0.477. The highest BCUT2D eigenvalue weighted by Gasteiger charge is 2.60. The Kier molecular flexibility index (Phi) is 8.43. The molecule has 3 fully saturated rings. The van der Waals surface area contributed by atoms with E-state index in [1.54, 1.807) is 30.3 Å². The number of hydrogen-bond acceptors (Lipinski definition) is 5. The third-order valence-electron chi connectivity index (χ3n) is 9.12. The standard InChI is InChI=1S/C32H32Cl2F2N2O5S/c33-23-9-7-22(8-10-23)31(40)15-17-37(18-16-31)30(39)43-32(13-14-32)29-6-2-5-27(21-3-1-4-25(35)19-21)38(29)44(41,42)28-12-11-24(34)20-26(28)36/h1,3-4,7-12,19-20,27,29,40H,2,5-6,13-18H2/t27-,29+/m0/s1. The molecule has 2 heterocycles. The van der Waals surface area contributed by atoms with Gasteiger partial charge in [-0.1, -0.05) is 47.5 Å². The second-order valence-corrected chi connectivity index (χ2v) is 14.6. The van der Waals surface area contributed by atoms with E-state index in [0.717, 1.165) is 17.7 Å². The predicted octanol–water partition coefficient (Wildman–Crippen LogP) is 7.21. The van der Waals surface area contributed by atoms with E-state index < -0.39 is 55.9 Å². The molecular formula is C32H32Cl2F2N2O5S. The monoisotopic (exact) mass is 664 g/mol. The maximum Gasteiger partial charge on any atom is 0.410 e. The molecular weight excluding hydrogens is 633 g/mol. The van der Waals surface area contributed by atoms with E-state index in [1.807, 2.05) is 0 Å². The molecule has 0 aromatic heterocycles. The third-order valence-corrected chi connectivity index (χ3v) is 11.6. The van der Waals surface area contributed by atoms with Crippen molar-refractivity contribution in [1.82, 2.24) is 9.21 Å². The fraction of sp³-hybridized carbons (Fsp3) is 0.406. The van der Waals surface area contributed by atoms with Gasteiger partial charge in [0.2, 0.25) is 10.0 Å². The van der Waals surface area contributed by atoms with E-state index in [9.17, 15) is 22.7 Å². The molecule has 2 aliphatic heterocycles. The van der Waals surface area contributed by atoms with Gasteiger partial charge in [-0.15, -0.1) is 0 Å². The average molecular weight is 666 g/mol. The quantitative estimate of drug-likeness (QED) is 0.301. The van der Waals surface area contributed by atoms with Crippen LogP contribution in [-0.2, 0) is 20.4 Å². The Morgan fingerprint density at radius 3 is 2.23 bits per heavy atom. The van der Waals surface area contributed by atoms with Crippen molar-refractivity contribution in [3.05, 3.63) is 99.5 Å². The van der Waals surface area contributed by atoms with E-state index in [1.165, 1.54) is 33.5 Å². The minimum Gasteiger partial charge on any atom is -0.441 e. The van der Waals surface area contributed by atoms with E-state index in [0.29, 0.717) is 42.7 Å². The van der Waals surface area contributed by atoms with Crippen molar-refractivity contribution in [3.63, 3.8) is 0 Å². The molecule has 0 radical (unpaired) electrons. The highest BCUT2D eigenvalue weighted by molar-refractivity contribution is 7.89. The van der Waals surface area contributed by atoms with Gasteiger partial charge >= 0.3 is 6.09 Å². The van der Waals surface area contributed by atoms with Crippen molar-refractivity contribution in [1.29, 1.82) is 0 Å². The molecule has 44 heavy (non-hydrogen) atoms. The van der Waals surface area contributed by atoms with Gasteiger partial charge in [-0.25, -0.2) is 22.0 Å². The van der Waals surface area contributed by atoms with Gasteiger partial charge in [-0.2, -0.15) is 4.31 Å². The lowest BCUT2D eigenvalue weighted by atomic mass is 9.84. The zero-order valence-corrected chi connectivity index (χ0v) is 26.1. The molecule has 0 unspecified atom stereocenters. The number of halogens is 4. The summed E-state index contributed by atoms with van der Waals surface area (Å²) in [6, 6.07) is 14.5. The van der Waals surface area contributed by atoms with E-state index in [-0.39, 0.29) is 31.0 Å². The number of likely N-dealkylation sites (tertiary alicyclic amines) is 1. The van der Waals surface area contributed by atoms with Crippen molar-refractivity contribution >= 4 is 39.3 Å². The minimum absolute atomic E-state index is 0.0513. The average Bonchev–Trinajstić information content (AvgIpc) is 3.77. The second kappa shape index (κ2) is 11.9. The maximum absolute atomic E-state index is 15.1. The lowest BCUT2D eigenvalue weighted by Gasteiger charge is -2.45. The number of amides is 1. The van der Waals surface area contributed by atoms with E-state index in [2.05, 4.69) is 0 Å². The molecule has 2 saturated heterocycles. The Morgan fingerprint density at radius 1 is 0.909 bits per heavy atom. The Hall–Kier alpha value is -2.76. The van der Waals surface area contributed by atoms with Crippen molar-refractivity contribution in [2.24, 2.45) is 0 Å². The molecule has 0 bridgehead atoms. The molecule has 234 valence electrons. The topological polar surface area (TPSA) is 87.2 Å². The Balaban J connectivity index is 1.27. The molecule has 3 aromatic rings. The molecule has 1 saturated carbocycles. The van der Waals surface area contributed by atoms with E-state index >= 15 is 4.39 Å². The zero-order chi connectivity index (χ0) is 31.3. The van der Waals surface area contributed by atoms with E-state index in [4.69, 9.17) is 27.9 Å². The third kappa shape index (κ3) is 5.95. The number of carbonyl (C=O) groups excluding carboxylic acids is 1. The van der Waals surface area contributed by atoms with Crippen LogP contribution >= 0.6 is 23.2 Å². The molecule has 1 aliphatic carbocycles. The fourth-order valence-electron chi connectivity index (χ4n) is 6.60. The molecule has 2 atom stereocenters. The SMILES string of the molecule is O=C(OC1([C@H]2CCC[C@@H](c3cccc(F)c3)N2S(=O)(=O)c2ccc(Cl)cc2F)CC1)N1CCC(O)(c2ccc(Cl)cc2)CC1. The van der Waals surface area contributed by atoms with Crippen molar-refractivity contribution in [3.8, 4) is 0 Å². The number of benzene rings is 3. The molecule has 3 aliphatic rings. The zero-order valence-electron chi connectivity index (χ0n) is 23.8. The van der Waals surface area contributed by atoms with Crippen molar-refractivity contribution in [2.45, 2.75) is 73.1 Å². The number of piperidine rings is 2. The van der Waals surface area contributed by atoms with Gasteiger partial charge in [0.05, 0.1) is 17.7 Å². The van der Waals surface area contributed by atoms with Crippen LogP contribution in [0.5, 0.6) is 0 Å². The van der Waals surface area contributed by atoms with Crippen molar-refractivity contribution in [2.75, 3.05) is 13.1 Å². The van der Waals surface area contributed by atoms with Gasteiger partial charge < -0.3 is 14.7 Å². The number of sulfonamides is 1. The first-order valence-electron chi connectivity index (χ1n) is 14.6. The summed E-state index contributed by atoms with van der Waals surface area (Å²) in [5, 5.41) is 11.9. The van der Waals surface area contributed by atoms with Crippen LogP contribution in [0.2, 0.25) is 10.0 Å². The number of nitrogens with zero attached hydrogens (tertiary/aromatic N) is 2. The van der Waals surface area contributed by atoms with Gasteiger partial charge in [0.15, 0.2) is 0 Å². The number of ether oxygens (including phenoxy) is 1. The molecule has 7 nitrogen and oxygen atoms in total. The predicted molar refractivity (Wildman–Crippen MR) is 162 cm³/mol. The van der Waals surface area contributed by atoms with Gasteiger partial charge in [-0.3, -0.25) is 0 Å². The first-order valence-corrected chi connectivity index (χ1v) is 16.8. The normalized spacial score (nSPS) is 23.2. The van der Waals surface area contributed by atoms with Gasteiger partial charge in [-0.05, 0) is 98.5 Å². The Bertz CT molecular complexity index is 1660. The van der Waals surface area contributed by atoms with Gasteiger partial charge in [0.25, 0.3) is 0 Å². The van der Waals surface area contributed by atoms with Crippen LogP contribution in [0.3, 0.4) is 0 Å². The Morgan fingerprint density at radius 2 is 1.59 bits per heavy atom. The van der Waals surface area contributed by atoms with Crippen LogP contribution in [-0.4, -0.2) is 53.6 Å². The van der Waals surface area contributed by atoms with Crippen LogP contribution in [0, 0.1) is 11.6 Å². The van der Waals surface area contributed by atoms with Crippen LogP contribution in [0.1, 0.15) is 62.1 Å². The van der Waals surface area contributed by atoms with Crippen molar-refractivity contribution < 1.29 is 31.8 Å².